The number of likely N-dealkylation sites (N-methyl/N-ethyl adjacent to an activating group) is 1. The molecule has 0 saturated heterocycles. The molecule has 0 aromatic carbocycles. The van der Waals surface area contributed by atoms with Crippen LogP contribution in [0.3, 0.4) is 0 Å². The van der Waals surface area contributed by atoms with E-state index in [0.29, 0.717) is 0 Å². The predicted octanol–water partition coefficient (Wildman–Crippen LogP) is -0.530. The summed E-state index contributed by atoms with van der Waals surface area (Å²) in [6.07, 6.45) is 0. The monoisotopic (exact) mass is 121 g/mol. The number of hydrogen-bond acceptors (Lipinski definition) is 2. The van der Waals surface area contributed by atoms with Crippen molar-refractivity contribution in [2.24, 2.45) is 5.73 Å². The zero-order valence-corrected chi connectivity index (χ0v) is 4.56. The van der Waals surface area contributed by atoms with Crippen LogP contribution in [0.4, 0.5) is 0 Å². The zero-order chi connectivity index (χ0) is 10.9. The number of rotatable bonds is 2. The fourth-order valence-electron chi connectivity index (χ4n) is 0.175. The lowest BCUT2D eigenvalue weighted by atomic mass is 10.3. The highest BCUT2D eigenvalue weighted by molar-refractivity contribution is 5.80. The molecule has 0 aliphatic heterocycles. The highest BCUT2D eigenvalue weighted by Crippen LogP contribution is 1.71. The molecule has 0 aliphatic rings. The molecule has 0 aliphatic carbocycles. The molecule has 0 aromatic rings. The van der Waals surface area contributed by atoms with Gasteiger partial charge in [-0.05, 0) is 13.8 Å². The van der Waals surface area contributed by atoms with E-state index in [2.05, 4.69) is 0 Å². The van der Waals surface area contributed by atoms with Crippen molar-refractivity contribution in [1.82, 2.24) is 5.32 Å². The lowest BCUT2D eigenvalue weighted by Crippen LogP contribution is -2.37. The van der Waals surface area contributed by atoms with Crippen molar-refractivity contribution in [2.45, 2.75) is 19.8 Å². The fourth-order valence-corrected chi connectivity index (χ4v) is 0.175. The lowest BCUT2D eigenvalue weighted by molar-refractivity contribution is -0.121. The molecule has 0 aromatic heterocycles. The minimum atomic E-state index is -2.89. The van der Waals surface area contributed by atoms with E-state index in [-0.39, 0.29) is 0 Å². The van der Waals surface area contributed by atoms with Crippen LogP contribution in [0.1, 0.15) is 20.6 Å². The van der Waals surface area contributed by atoms with Gasteiger partial charge in [-0.15, -0.1) is 0 Å². The van der Waals surface area contributed by atoms with E-state index < -0.39 is 25.3 Å². The summed E-state index contributed by atoms with van der Waals surface area (Å²) in [5.74, 6) is -0.832. The molecule has 0 heterocycles. The van der Waals surface area contributed by atoms with Crippen molar-refractivity contribution in [3.05, 3.63) is 0 Å². The molecule has 0 spiro atoms. The Kier molecular flexibility index (Phi) is 1.01. The molecular formula is C5H12N2O. The van der Waals surface area contributed by atoms with Gasteiger partial charge in [-0.3, -0.25) is 4.79 Å². The van der Waals surface area contributed by atoms with Crippen molar-refractivity contribution in [2.75, 3.05) is 6.50 Å². The normalized spacial score (nSPS) is 25.5. The quantitative estimate of drug-likeness (QED) is 0.516. The van der Waals surface area contributed by atoms with Gasteiger partial charge in [0.05, 0.1) is 6.04 Å². The maximum atomic E-state index is 10.9. The van der Waals surface area contributed by atoms with E-state index in [0.717, 1.165) is 0 Å². The molecule has 1 amide bonds. The first-order valence-corrected chi connectivity index (χ1v) is 2.15. The molecule has 0 bridgehead atoms. The fraction of sp³-hybridized carbons (Fsp3) is 0.800. The van der Waals surface area contributed by atoms with E-state index in [9.17, 15) is 4.79 Å². The van der Waals surface area contributed by atoms with Gasteiger partial charge in [-0.25, -0.2) is 0 Å². The van der Waals surface area contributed by atoms with Gasteiger partial charge in [0.1, 0.15) is 0 Å². The summed E-state index contributed by atoms with van der Waals surface area (Å²) in [6, 6.07) is -0.933. The highest BCUT2D eigenvalue weighted by Gasteiger charge is 2.02. The standard InChI is InChI=1S/C5H12N2O/c1-3-7-5(8)4(2)6/h4H,3,6H2,1-2H3,(H,7,8)/i1D3,3D2. The summed E-state index contributed by atoms with van der Waals surface area (Å²) in [7, 11) is 0. The van der Waals surface area contributed by atoms with Crippen LogP contribution in [0.2, 0.25) is 0 Å². The predicted molar refractivity (Wildman–Crippen MR) is 32.3 cm³/mol. The van der Waals surface area contributed by atoms with Crippen LogP contribution in [0.15, 0.2) is 0 Å². The van der Waals surface area contributed by atoms with Crippen LogP contribution in [0, 0.1) is 0 Å². The van der Waals surface area contributed by atoms with Crippen LogP contribution >= 0.6 is 0 Å². The van der Waals surface area contributed by atoms with Crippen molar-refractivity contribution in [3.8, 4) is 0 Å². The summed E-state index contributed by atoms with van der Waals surface area (Å²) in [5.41, 5.74) is 5.12. The molecule has 0 saturated carbocycles. The second kappa shape index (κ2) is 3.43. The van der Waals surface area contributed by atoms with Gasteiger partial charge >= 0.3 is 0 Å². The average molecular weight is 121 g/mol. The Morgan fingerprint density at radius 2 is 2.88 bits per heavy atom. The van der Waals surface area contributed by atoms with Gasteiger partial charge in [-0.2, -0.15) is 0 Å². The number of carbonyl (C=O) groups excluding carboxylic acids is 1. The van der Waals surface area contributed by atoms with Crippen LogP contribution in [-0.2, 0) is 4.79 Å². The summed E-state index contributed by atoms with van der Waals surface area (Å²) >= 11 is 0. The summed E-state index contributed by atoms with van der Waals surface area (Å²) in [6.45, 7) is -4.29. The van der Waals surface area contributed by atoms with E-state index in [1.165, 1.54) is 6.92 Å². The lowest BCUT2D eigenvalue weighted by Gasteiger charge is -2.02. The Labute approximate surface area is 56.3 Å². The topological polar surface area (TPSA) is 55.1 Å². The van der Waals surface area contributed by atoms with E-state index in [4.69, 9.17) is 12.6 Å². The average Bonchev–Trinajstić information content (AvgIpc) is 1.83. The van der Waals surface area contributed by atoms with Crippen molar-refractivity contribution < 1.29 is 11.6 Å². The van der Waals surface area contributed by atoms with Gasteiger partial charge in [-0.1, -0.05) is 0 Å². The number of carbonyl (C=O) groups is 1. The first-order chi connectivity index (χ1) is 5.58. The molecule has 1 atom stereocenters. The zero-order valence-electron chi connectivity index (χ0n) is 9.56. The number of amides is 1. The van der Waals surface area contributed by atoms with E-state index in [1.54, 1.807) is 5.32 Å². The van der Waals surface area contributed by atoms with E-state index in [1.807, 2.05) is 0 Å². The molecule has 0 fully saturated rings. The maximum absolute atomic E-state index is 10.9. The molecule has 3 heteroatoms. The second-order valence-corrected chi connectivity index (χ2v) is 1.40. The molecule has 0 radical (unpaired) electrons. The molecule has 48 valence electrons. The Hall–Kier alpha value is -0.570. The minimum absolute atomic E-state index is 0.832. The van der Waals surface area contributed by atoms with Crippen LogP contribution < -0.4 is 11.1 Å². The number of nitrogens with two attached hydrogens (primary N) is 1. The Bertz CT molecular complexity index is 200. The summed E-state index contributed by atoms with van der Waals surface area (Å²) in [4.78, 5) is 10.9. The first kappa shape index (κ1) is 2.35. The SMILES string of the molecule is [2H]C([2H])([2H])C([2H])([2H])NC(=O)C(C)N. The largest absolute Gasteiger partial charge is 0.355 e. The van der Waals surface area contributed by atoms with Crippen molar-refractivity contribution >= 4 is 5.91 Å². The first-order valence-electron chi connectivity index (χ1n) is 4.65. The Morgan fingerprint density at radius 3 is 3.25 bits per heavy atom. The summed E-state index contributed by atoms with van der Waals surface area (Å²) in [5, 5.41) is 1.70. The third-order valence-electron chi connectivity index (χ3n) is 0.599. The highest BCUT2D eigenvalue weighted by atomic mass is 16.2. The number of nitrogens with one attached hydrogen (secondary N) is 1. The van der Waals surface area contributed by atoms with E-state index >= 15 is 0 Å². The third kappa shape index (κ3) is 2.58. The molecule has 1 unspecified atom stereocenters. The van der Waals surface area contributed by atoms with Gasteiger partial charge in [0.2, 0.25) is 5.91 Å². The van der Waals surface area contributed by atoms with Gasteiger partial charge in [0.15, 0.2) is 0 Å². The molecular weight excluding hydrogens is 104 g/mol. The third-order valence-corrected chi connectivity index (χ3v) is 0.599. The van der Waals surface area contributed by atoms with Crippen molar-refractivity contribution in [3.63, 3.8) is 0 Å². The van der Waals surface area contributed by atoms with Gasteiger partial charge < -0.3 is 11.1 Å². The summed E-state index contributed by atoms with van der Waals surface area (Å²) < 4.78 is 34.4. The van der Waals surface area contributed by atoms with Gasteiger partial charge in [0.25, 0.3) is 0 Å². The molecule has 8 heavy (non-hydrogen) atoms. The van der Waals surface area contributed by atoms with Gasteiger partial charge in [0, 0.05) is 13.4 Å². The molecule has 3 nitrogen and oxygen atoms in total. The van der Waals surface area contributed by atoms with Crippen LogP contribution in [-0.4, -0.2) is 18.4 Å². The Morgan fingerprint density at radius 1 is 2.25 bits per heavy atom. The molecule has 0 rings (SSSR count). The number of hydrogen-bond donors (Lipinski definition) is 2. The second-order valence-electron chi connectivity index (χ2n) is 1.40. The van der Waals surface area contributed by atoms with Crippen LogP contribution in [0.25, 0.3) is 0 Å². The maximum Gasteiger partial charge on any atom is 0.236 e. The Balaban J connectivity index is 4.44. The van der Waals surface area contributed by atoms with Crippen LogP contribution in [0.5, 0.6) is 0 Å². The molecule has 3 N–H and O–H groups in total. The minimum Gasteiger partial charge on any atom is -0.355 e. The van der Waals surface area contributed by atoms with Crippen molar-refractivity contribution in [1.29, 1.82) is 0 Å². The smallest absolute Gasteiger partial charge is 0.236 e.